The predicted octanol–water partition coefficient (Wildman–Crippen LogP) is 3.14. The van der Waals surface area contributed by atoms with Crippen LogP contribution in [0.25, 0.3) is 5.69 Å². The number of nitrogens with zero attached hydrogens (tertiary/aromatic N) is 3. The van der Waals surface area contributed by atoms with Gasteiger partial charge in [0.2, 0.25) is 0 Å². The van der Waals surface area contributed by atoms with Crippen LogP contribution < -0.4 is 10.3 Å². The summed E-state index contributed by atoms with van der Waals surface area (Å²) in [5.74, 6) is 1.79. The van der Waals surface area contributed by atoms with Crippen molar-refractivity contribution in [1.82, 2.24) is 14.5 Å². The second-order valence-electron chi connectivity index (χ2n) is 7.54. The van der Waals surface area contributed by atoms with Gasteiger partial charge in [-0.25, -0.2) is 18.4 Å². The van der Waals surface area contributed by atoms with Gasteiger partial charge in [0.15, 0.2) is 9.84 Å². The fourth-order valence-electron chi connectivity index (χ4n) is 3.75. The minimum Gasteiger partial charge on any atom is -0.490 e. The van der Waals surface area contributed by atoms with E-state index in [2.05, 4.69) is 9.97 Å². The molecule has 0 radical (unpaired) electrons. The highest BCUT2D eigenvalue weighted by molar-refractivity contribution is 7.90. The average Bonchev–Trinajstić information content (AvgIpc) is 2.75. The lowest BCUT2D eigenvalue weighted by atomic mass is 9.87. The molecule has 30 heavy (non-hydrogen) atoms. The van der Waals surface area contributed by atoms with Gasteiger partial charge in [0.1, 0.15) is 11.6 Å². The summed E-state index contributed by atoms with van der Waals surface area (Å²) in [4.78, 5) is 21.5. The maximum Gasteiger partial charge on any atom is 0.258 e. The van der Waals surface area contributed by atoms with E-state index < -0.39 is 9.84 Å². The van der Waals surface area contributed by atoms with Crippen LogP contribution in [-0.2, 0) is 9.84 Å². The van der Waals surface area contributed by atoms with Crippen molar-refractivity contribution < 1.29 is 13.2 Å². The summed E-state index contributed by atoms with van der Waals surface area (Å²) >= 11 is 0. The highest BCUT2D eigenvalue weighted by Gasteiger charge is 2.25. The molecule has 7 nitrogen and oxygen atoms in total. The van der Waals surface area contributed by atoms with Crippen molar-refractivity contribution in [1.29, 1.82) is 0 Å². The molecule has 0 spiro atoms. The number of benzene rings is 1. The summed E-state index contributed by atoms with van der Waals surface area (Å²) in [5, 5.41) is 0. The number of aromatic nitrogens is 3. The SMILES string of the molecule is CS(=O)(=O)c1ccc(-n2ccc(OC3CCC(c4ncccn4)CC3)cc2=O)cc1. The molecular weight excluding hydrogens is 402 g/mol. The maximum atomic E-state index is 12.5. The van der Waals surface area contributed by atoms with Gasteiger partial charge in [-0.3, -0.25) is 9.36 Å². The van der Waals surface area contributed by atoms with E-state index in [1.807, 2.05) is 6.07 Å². The van der Waals surface area contributed by atoms with Crippen LogP contribution in [0.3, 0.4) is 0 Å². The standard InChI is InChI=1S/C22H23N3O4S/c1-30(27,28)20-9-5-17(6-10-20)25-14-11-19(15-21(25)26)29-18-7-3-16(4-8-18)22-23-12-2-13-24-22/h2,5-6,9-16,18H,3-4,7-8H2,1H3. The predicted molar refractivity (Wildman–Crippen MR) is 113 cm³/mol. The number of ether oxygens (including phenoxy) is 1. The first-order valence-electron chi connectivity index (χ1n) is 9.87. The molecular formula is C22H23N3O4S. The zero-order valence-corrected chi connectivity index (χ0v) is 17.5. The zero-order valence-electron chi connectivity index (χ0n) is 16.6. The van der Waals surface area contributed by atoms with Gasteiger partial charge in [-0.2, -0.15) is 0 Å². The molecule has 3 aromatic rings. The van der Waals surface area contributed by atoms with E-state index >= 15 is 0 Å². The Balaban J connectivity index is 1.41. The van der Waals surface area contributed by atoms with Crippen molar-refractivity contribution >= 4 is 9.84 Å². The van der Waals surface area contributed by atoms with Crippen LogP contribution in [0.15, 0.2) is 70.7 Å². The van der Waals surface area contributed by atoms with Crippen molar-refractivity contribution in [3.05, 3.63) is 77.2 Å². The summed E-state index contributed by atoms with van der Waals surface area (Å²) in [5.41, 5.74) is 0.369. The van der Waals surface area contributed by atoms with E-state index in [0.29, 0.717) is 17.4 Å². The van der Waals surface area contributed by atoms with E-state index in [-0.39, 0.29) is 16.6 Å². The molecule has 0 aliphatic heterocycles. The van der Waals surface area contributed by atoms with E-state index in [4.69, 9.17) is 4.74 Å². The molecule has 1 aliphatic rings. The average molecular weight is 426 g/mol. The third kappa shape index (κ3) is 4.59. The van der Waals surface area contributed by atoms with E-state index in [1.54, 1.807) is 36.8 Å². The van der Waals surface area contributed by atoms with Gasteiger partial charge in [0, 0.05) is 42.5 Å². The van der Waals surface area contributed by atoms with E-state index in [0.717, 1.165) is 37.8 Å². The van der Waals surface area contributed by atoms with Gasteiger partial charge in [0.25, 0.3) is 5.56 Å². The van der Waals surface area contributed by atoms with Crippen LogP contribution in [0.1, 0.15) is 37.4 Å². The van der Waals surface area contributed by atoms with Gasteiger partial charge in [-0.05, 0) is 62.1 Å². The minimum atomic E-state index is -3.27. The molecule has 0 saturated heterocycles. The Morgan fingerprint density at radius 1 is 1.00 bits per heavy atom. The van der Waals surface area contributed by atoms with Crippen LogP contribution in [0.5, 0.6) is 5.75 Å². The lowest BCUT2D eigenvalue weighted by Crippen LogP contribution is -2.25. The fourth-order valence-corrected chi connectivity index (χ4v) is 4.38. The molecule has 1 aromatic carbocycles. The second kappa shape index (κ2) is 8.39. The normalized spacial score (nSPS) is 19.4. The van der Waals surface area contributed by atoms with Crippen LogP contribution >= 0.6 is 0 Å². The minimum absolute atomic E-state index is 0.0641. The number of rotatable bonds is 5. The monoisotopic (exact) mass is 425 g/mol. The summed E-state index contributed by atoms with van der Waals surface area (Å²) in [7, 11) is -3.27. The second-order valence-corrected chi connectivity index (χ2v) is 9.55. The van der Waals surface area contributed by atoms with Crippen LogP contribution in [0.2, 0.25) is 0 Å². The number of hydrogen-bond donors (Lipinski definition) is 0. The first-order valence-corrected chi connectivity index (χ1v) is 11.8. The number of pyridine rings is 1. The lowest BCUT2D eigenvalue weighted by molar-refractivity contribution is 0.144. The summed E-state index contributed by atoms with van der Waals surface area (Å²) in [6.07, 6.45) is 10.1. The van der Waals surface area contributed by atoms with Crippen molar-refractivity contribution in [3.63, 3.8) is 0 Å². The van der Waals surface area contributed by atoms with Gasteiger partial charge in [-0.15, -0.1) is 0 Å². The van der Waals surface area contributed by atoms with E-state index in [9.17, 15) is 13.2 Å². The zero-order chi connectivity index (χ0) is 21.1. The van der Waals surface area contributed by atoms with E-state index in [1.165, 1.54) is 22.8 Å². The number of hydrogen-bond acceptors (Lipinski definition) is 6. The fraction of sp³-hybridized carbons (Fsp3) is 0.318. The molecule has 2 heterocycles. The first-order chi connectivity index (χ1) is 14.4. The highest BCUT2D eigenvalue weighted by Crippen LogP contribution is 2.32. The molecule has 156 valence electrons. The highest BCUT2D eigenvalue weighted by atomic mass is 32.2. The molecule has 4 rings (SSSR count). The molecule has 0 atom stereocenters. The van der Waals surface area contributed by atoms with Crippen molar-refractivity contribution in [3.8, 4) is 11.4 Å². The molecule has 8 heteroatoms. The maximum absolute atomic E-state index is 12.5. The smallest absolute Gasteiger partial charge is 0.258 e. The summed E-state index contributed by atoms with van der Waals surface area (Å²) in [6.45, 7) is 0. The largest absolute Gasteiger partial charge is 0.490 e. The van der Waals surface area contributed by atoms with Gasteiger partial charge >= 0.3 is 0 Å². The summed E-state index contributed by atoms with van der Waals surface area (Å²) in [6, 6.07) is 11.3. The molecule has 1 saturated carbocycles. The van der Waals surface area contributed by atoms with Gasteiger partial charge < -0.3 is 4.74 Å². The lowest BCUT2D eigenvalue weighted by Gasteiger charge is -2.28. The van der Waals surface area contributed by atoms with Crippen LogP contribution in [-0.4, -0.2) is 35.3 Å². The Morgan fingerprint density at radius 2 is 1.67 bits per heavy atom. The third-order valence-electron chi connectivity index (χ3n) is 5.36. The van der Waals surface area contributed by atoms with Gasteiger partial charge in [-0.1, -0.05) is 0 Å². The van der Waals surface area contributed by atoms with Crippen molar-refractivity contribution in [2.24, 2.45) is 0 Å². The third-order valence-corrected chi connectivity index (χ3v) is 6.49. The molecule has 1 aliphatic carbocycles. The van der Waals surface area contributed by atoms with Crippen LogP contribution in [0.4, 0.5) is 0 Å². The Kier molecular flexibility index (Phi) is 5.67. The molecule has 1 fully saturated rings. The Bertz CT molecular complexity index is 1170. The van der Waals surface area contributed by atoms with Crippen molar-refractivity contribution in [2.45, 2.75) is 42.6 Å². The molecule has 2 aromatic heterocycles. The van der Waals surface area contributed by atoms with Crippen molar-refractivity contribution in [2.75, 3.05) is 6.26 Å². The Morgan fingerprint density at radius 3 is 2.27 bits per heavy atom. The van der Waals surface area contributed by atoms with Gasteiger partial charge in [0.05, 0.1) is 11.0 Å². The Labute approximate surface area is 175 Å². The quantitative estimate of drug-likeness (QED) is 0.624. The summed E-state index contributed by atoms with van der Waals surface area (Å²) < 4.78 is 30.7. The molecule has 0 amide bonds. The number of sulfone groups is 1. The molecule has 0 N–H and O–H groups in total. The van der Waals surface area contributed by atoms with Crippen LogP contribution in [0, 0.1) is 0 Å². The Hall–Kier alpha value is -3.00. The molecule has 0 unspecified atom stereocenters. The molecule has 0 bridgehead atoms. The topological polar surface area (TPSA) is 91.2 Å². The first kappa shape index (κ1) is 20.3.